The highest BCUT2D eigenvalue weighted by Crippen LogP contribution is 2.32. The Morgan fingerprint density at radius 2 is 1.62 bits per heavy atom. The number of rotatable bonds is 7. The molecule has 0 spiro atoms. The average Bonchev–Trinajstić information content (AvgIpc) is 3.39. The van der Waals surface area contributed by atoms with E-state index in [0.717, 1.165) is 23.4 Å². The molecule has 0 radical (unpaired) electrons. The zero-order chi connectivity index (χ0) is 27.0. The van der Waals surface area contributed by atoms with Gasteiger partial charge in [-0.05, 0) is 78.7 Å². The molecule has 2 heterocycles. The minimum Gasteiger partial charge on any atom is -0.457 e. The van der Waals surface area contributed by atoms with E-state index >= 15 is 0 Å². The molecular formula is C29H22ClN5O3S. The van der Waals surface area contributed by atoms with Gasteiger partial charge in [0.25, 0.3) is 0 Å². The molecule has 194 valence electrons. The predicted octanol–water partition coefficient (Wildman–Crippen LogP) is 6.86. The number of anilines is 2. The largest absolute Gasteiger partial charge is 0.457 e. The molecule has 0 bridgehead atoms. The van der Waals surface area contributed by atoms with Crippen LogP contribution in [0.2, 0.25) is 5.02 Å². The van der Waals surface area contributed by atoms with Crippen LogP contribution < -0.4 is 10.1 Å². The molecule has 0 unspecified atom stereocenters. The Morgan fingerprint density at radius 1 is 0.897 bits per heavy atom. The topological polar surface area (TPSA) is 98.5 Å². The van der Waals surface area contributed by atoms with Crippen LogP contribution >= 0.6 is 11.6 Å². The molecule has 39 heavy (non-hydrogen) atoms. The summed E-state index contributed by atoms with van der Waals surface area (Å²) in [4.78, 5) is 4.80. The normalized spacial score (nSPS) is 11.6. The molecule has 0 aliphatic rings. The van der Waals surface area contributed by atoms with Crippen molar-refractivity contribution < 1.29 is 13.2 Å². The molecule has 0 saturated heterocycles. The smallest absolute Gasteiger partial charge is 0.229 e. The maximum atomic E-state index is 13.5. The number of aromatic nitrogens is 4. The van der Waals surface area contributed by atoms with Gasteiger partial charge in [0.1, 0.15) is 17.3 Å². The van der Waals surface area contributed by atoms with Crippen LogP contribution in [0.15, 0.2) is 107 Å². The van der Waals surface area contributed by atoms with Crippen LogP contribution in [0.5, 0.6) is 11.5 Å². The van der Waals surface area contributed by atoms with Crippen molar-refractivity contribution >= 4 is 49.5 Å². The van der Waals surface area contributed by atoms with E-state index in [9.17, 15) is 8.42 Å². The molecule has 0 amide bonds. The van der Waals surface area contributed by atoms with Crippen molar-refractivity contribution in [2.75, 3.05) is 5.32 Å². The Balaban J connectivity index is 1.41. The minimum atomic E-state index is -3.98. The van der Waals surface area contributed by atoms with E-state index in [1.165, 1.54) is 4.52 Å². The highest BCUT2D eigenvalue weighted by Gasteiger charge is 2.27. The number of hydrogen-bond acceptors (Lipinski definition) is 7. The number of hydrogen-bond donors (Lipinski definition) is 1. The molecule has 6 aromatic rings. The van der Waals surface area contributed by atoms with Gasteiger partial charge >= 0.3 is 0 Å². The molecule has 10 heteroatoms. The fraction of sp³-hybridized carbons (Fsp3) is 0.0690. The van der Waals surface area contributed by atoms with Crippen molar-refractivity contribution in [3.63, 3.8) is 0 Å². The fourth-order valence-electron chi connectivity index (χ4n) is 4.22. The SMILES string of the molecule is CCc1ccc(S(=O)(=O)c2nnn3c2nc(Nc2ccc(Oc4ccccc4)cc2)c2cc(Cl)ccc23)cc1. The monoisotopic (exact) mass is 555 g/mol. The quantitative estimate of drug-likeness (QED) is 0.230. The number of nitrogens with zero attached hydrogens (tertiary/aromatic N) is 4. The van der Waals surface area contributed by atoms with Crippen LogP contribution in [-0.4, -0.2) is 28.2 Å². The Hall–Kier alpha value is -4.47. The third-order valence-corrected chi connectivity index (χ3v) is 8.17. The summed E-state index contributed by atoms with van der Waals surface area (Å²) in [7, 11) is -3.98. The van der Waals surface area contributed by atoms with Crippen LogP contribution in [0.25, 0.3) is 16.6 Å². The van der Waals surface area contributed by atoms with Crippen molar-refractivity contribution in [3.8, 4) is 11.5 Å². The Kier molecular flexibility index (Phi) is 6.38. The van der Waals surface area contributed by atoms with E-state index < -0.39 is 9.84 Å². The zero-order valence-corrected chi connectivity index (χ0v) is 22.3. The molecule has 6 rings (SSSR count). The van der Waals surface area contributed by atoms with Gasteiger partial charge < -0.3 is 10.1 Å². The molecule has 2 aromatic heterocycles. The minimum absolute atomic E-state index is 0.107. The summed E-state index contributed by atoms with van der Waals surface area (Å²) in [5, 5.41) is 12.4. The van der Waals surface area contributed by atoms with Gasteiger partial charge in [0.2, 0.25) is 14.9 Å². The second-order valence-corrected chi connectivity index (χ2v) is 11.1. The molecule has 0 saturated carbocycles. The maximum absolute atomic E-state index is 13.5. The first kappa shape index (κ1) is 24.8. The van der Waals surface area contributed by atoms with Gasteiger partial charge in [-0.15, -0.1) is 5.10 Å². The summed E-state index contributed by atoms with van der Waals surface area (Å²) in [6.45, 7) is 2.01. The van der Waals surface area contributed by atoms with E-state index in [-0.39, 0.29) is 15.6 Å². The average molecular weight is 556 g/mol. The lowest BCUT2D eigenvalue weighted by Gasteiger charge is -2.12. The summed E-state index contributed by atoms with van der Waals surface area (Å²) in [6.07, 6.45) is 0.805. The number of nitrogens with one attached hydrogen (secondary N) is 1. The number of ether oxygens (including phenoxy) is 1. The number of halogens is 1. The van der Waals surface area contributed by atoms with Crippen molar-refractivity contribution in [2.45, 2.75) is 23.3 Å². The number of sulfone groups is 1. The van der Waals surface area contributed by atoms with Gasteiger partial charge in [-0.2, -0.15) is 4.52 Å². The molecule has 1 N–H and O–H groups in total. The Bertz CT molecular complexity index is 1910. The molecular weight excluding hydrogens is 534 g/mol. The first-order chi connectivity index (χ1) is 18.9. The van der Waals surface area contributed by atoms with E-state index in [1.807, 2.05) is 61.5 Å². The third kappa shape index (κ3) is 4.78. The highest BCUT2D eigenvalue weighted by atomic mass is 35.5. The molecule has 0 fully saturated rings. The molecule has 0 atom stereocenters. The summed E-state index contributed by atoms with van der Waals surface area (Å²) in [5.74, 6) is 1.82. The summed E-state index contributed by atoms with van der Waals surface area (Å²) in [6, 6.07) is 28.8. The number of fused-ring (bicyclic) bond motifs is 3. The zero-order valence-electron chi connectivity index (χ0n) is 20.7. The molecule has 8 nitrogen and oxygen atoms in total. The van der Waals surface area contributed by atoms with Crippen molar-refractivity contribution in [2.24, 2.45) is 0 Å². The van der Waals surface area contributed by atoms with Crippen molar-refractivity contribution in [1.82, 2.24) is 19.8 Å². The summed E-state index contributed by atoms with van der Waals surface area (Å²) >= 11 is 6.31. The van der Waals surface area contributed by atoms with Crippen LogP contribution in [0.4, 0.5) is 11.5 Å². The van der Waals surface area contributed by atoms with E-state index in [1.54, 1.807) is 42.5 Å². The molecule has 0 aliphatic heterocycles. The lowest BCUT2D eigenvalue weighted by Crippen LogP contribution is -2.06. The van der Waals surface area contributed by atoms with Crippen molar-refractivity contribution in [3.05, 3.63) is 108 Å². The van der Waals surface area contributed by atoms with Crippen molar-refractivity contribution in [1.29, 1.82) is 0 Å². The van der Waals surface area contributed by atoms with Crippen LogP contribution in [0.1, 0.15) is 12.5 Å². The van der Waals surface area contributed by atoms with Gasteiger partial charge in [0.15, 0.2) is 5.65 Å². The lowest BCUT2D eigenvalue weighted by molar-refractivity contribution is 0.483. The second-order valence-electron chi connectivity index (χ2n) is 8.82. The van der Waals surface area contributed by atoms with Crippen LogP contribution in [0.3, 0.4) is 0 Å². The Morgan fingerprint density at radius 3 is 2.33 bits per heavy atom. The van der Waals surface area contributed by atoms with E-state index in [2.05, 4.69) is 20.6 Å². The van der Waals surface area contributed by atoms with Gasteiger partial charge in [-0.1, -0.05) is 54.1 Å². The number of aryl methyl sites for hydroxylation is 1. The van der Waals surface area contributed by atoms with Gasteiger partial charge in [-0.3, -0.25) is 0 Å². The highest BCUT2D eigenvalue weighted by molar-refractivity contribution is 7.91. The summed E-state index contributed by atoms with van der Waals surface area (Å²) < 4.78 is 34.4. The van der Waals surface area contributed by atoms with Crippen LogP contribution in [-0.2, 0) is 16.3 Å². The maximum Gasteiger partial charge on any atom is 0.229 e. The molecule has 4 aromatic carbocycles. The first-order valence-corrected chi connectivity index (χ1v) is 14.1. The predicted molar refractivity (Wildman–Crippen MR) is 151 cm³/mol. The molecule has 0 aliphatic carbocycles. The van der Waals surface area contributed by atoms with E-state index in [0.29, 0.717) is 27.5 Å². The standard InChI is InChI=1S/C29H22ClN5O3S/c1-2-19-8-15-24(16-9-19)39(36,37)29-28-32-27(25-18-20(30)10-17-26(25)35(28)34-33-29)31-21-11-13-23(14-12-21)38-22-6-4-3-5-7-22/h3-18H,2H2,1H3,(H,31,32). The Labute approximate surface area is 229 Å². The van der Waals surface area contributed by atoms with Gasteiger partial charge in [-0.25, -0.2) is 13.4 Å². The summed E-state index contributed by atoms with van der Waals surface area (Å²) in [5.41, 5.74) is 2.47. The number of benzene rings is 4. The lowest BCUT2D eigenvalue weighted by atomic mass is 10.2. The van der Waals surface area contributed by atoms with Gasteiger partial charge in [0.05, 0.1) is 10.4 Å². The number of para-hydroxylation sites is 1. The third-order valence-electron chi connectivity index (χ3n) is 6.27. The first-order valence-electron chi connectivity index (χ1n) is 12.2. The van der Waals surface area contributed by atoms with E-state index in [4.69, 9.17) is 16.3 Å². The van der Waals surface area contributed by atoms with Gasteiger partial charge in [0, 0.05) is 16.1 Å². The second kappa shape index (κ2) is 10.0. The fourth-order valence-corrected chi connectivity index (χ4v) is 5.63. The van der Waals surface area contributed by atoms with Crippen LogP contribution in [0, 0.1) is 0 Å².